The highest BCUT2D eigenvalue weighted by Gasteiger charge is 2.08. The van der Waals surface area contributed by atoms with Crippen LogP contribution in [-0.2, 0) is 0 Å². The van der Waals surface area contributed by atoms with Gasteiger partial charge >= 0.3 is 0 Å². The summed E-state index contributed by atoms with van der Waals surface area (Å²) < 4.78 is 11.0. The molecule has 72 valence electrons. The minimum atomic E-state index is 0.522. The molecular formula is C10H7BrO3. The summed E-state index contributed by atoms with van der Waals surface area (Å²) in [5, 5.41) is 0.875. The SMILES string of the molecule is COc1cc2oc(Br)cc2cc1C=O. The second-order valence-corrected chi connectivity index (χ2v) is 3.58. The van der Waals surface area contributed by atoms with E-state index in [9.17, 15) is 4.79 Å². The van der Waals surface area contributed by atoms with E-state index in [4.69, 9.17) is 9.15 Å². The van der Waals surface area contributed by atoms with Crippen LogP contribution in [0.1, 0.15) is 10.4 Å². The average molecular weight is 255 g/mol. The van der Waals surface area contributed by atoms with Gasteiger partial charge in [0, 0.05) is 11.5 Å². The zero-order chi connectivity index (χ0) is 10.1. The van der Waals surface area contributed by atoms with Crippen LogP contribution >= 0.6 is 15.9 Å². The molecule has 0 amide bonds. The zero-order valence-electron chi connectivity index (χ0n) is 7.41. The number of carbonyl (C=O) groups excluding carboxylic acids is 1. The molecule has 0 aliphatic heterocycles. The average Bonchev–Trinajstić information content (AvgIpc) is 2.54. The molecular weight excluding hydrogens is 248 g/mol. The molecule has 0 saturated carbocycles. The van der Waals surface area contributed by atoms with E-state index in [1.807, 2.05) is 6.07 Å². The highest BCUT2D eigenvalue weighted by Crippen LogP contribution is 2.29. The van der Waals surface area contributed by atoms with E-state index < -0.39 is 0 Å². The Kier molecular flexibility index (Phi) is 2.29. The maximum atomic E-state index is 10.7. The molecule has 1 heterocycles. The van der Waals surface area contributed by atoms with Crippen molar-refractivity contribution in [3.8, 4) is 5.75 Å². The summed E-state index contributed by atoms with van der Waals surface area (Å²) >= 11 is 3.22. The number of furan rings is 1. The van der Waals surface area contributed by atoms with E-state index in [0.717, 1.165) is 11.7 Å². The summed E-state index contributed by atoms with van der Waals surface area (Å²) in [6.45, 7) is 0. The number of halogens is 1. The molecule has 0 aliphatic carbocycles. The first kappa shape index (κ1) is 9.27. The summed E-state index contributed by atoms with van der Waals surface area (Å²) in [6, 6.07) is 5.24. The van der Waals surface area contributed by atoms with Gasteiger partial charge in [0.1, 0.15) is 11.3 Å². The second-order valence-electron chi connectivity index (χ2n) is 2.80. The molecule has 0 bridgehead atoms. The van der Waals surface area contributed by atoms with Crippen LogP contribution < -0.4 is 4.74 Å². The van der Waals surface area contributed by atoms with E-state index in [1.165, 1.54) is 7.11 Å². The van der Waals surface area contributed by atoms with Gasteiger partial charge in [-0.2, -0.15) is 0 Å². The quantitative estimate of drug-likeness (QED) is 0.774. The van der Waals surface area contributed by atoms with Crippen LogP contribution in [0.5, 0.6) is 5.75 Å². The second kappa shape index (κ2) is 3.46. The first-order chi connectivity index (χ1) is 6.74. The van der Waals surface area contributed by atoms with E-state index in [0.29, 0.717) is 21.6 Å². The van der Waals surface area contributed by atoms with Crippen molar-refractivity contribution >= 4 is 33.2 Å². The summed E-state index contributed by atoms with van der Waals surface area (Å²) in [4.78, 5) is 10.7. The highest BCUT2D eigenvalue weighted by atomic mass is 79.9. The standard InChI is InChI=1S/C10H7BrO3/c1-13-8-4-9-6(2-7(8)5-12)3-10(11)14-9/h2-5H,1H3. The topological polar surface area (TPSA) is 39.4 Å². The van der Waals surface area contributed by atoms with Gasteiger partial charge in [-0.3, -0.25) is 4.79 Å². The monoisotopic (exact) mass is 254 g/mol. The van der Waals surface area contributed by atoms with E-state index in [1.54, 1.807) is 12.1 Å². The number of benzene rings is 1. The number of methoxy groups -OCH3 is 1. The van der Waals surface area contributed by atoms with E-state index in [-0.39, 0.29) is 0 Å². The van der Waals surface area contributed by atoms with Crippen molar-refractivity contribution in [3.05, 3.63) is 28.4 Å². The molecule has 1 aromatic carbocycles. The molecule has 2 aromatic rings. The third kappa shape index (κ3) is 1.42. The lowest BCUT2D eigenvalue weighted by Gasteiger charge is -2.01. The van der Waals surface area contributed by atoms with Crippen LogP contribution in [0.15, 0.2) is 27.3 Å². The lowest BCUT2D eigenvalue weighted by molar-refractivity contribution is 0.112. The molecule has 0 fully saturated rings. The normalized spacial score (nSPS) is 10.4. The predicted molar refractivity (Wildman–Crippen MR) is 55.9 cm³/mol. The Hall–Kier alpha value is -1.29. The van der Waals surface area contributed by atoms with Crippen LogP contribution in [0.4, 0.5) is 0 Å². The fraction of sp³-hybridized carbons (Fsp3) is 0.100. The molecule has 0 N–H and O–H groups in total. The molecule has 3 nitrogen and oxygen atoms in total. The van der Waals surface area contributed by atoms with Gasteiger partial charge in [-0.15, -0.1) is 0 Å². The number of aldehydes is 1. The maximum Gasteiger partial charge on any atom is 0.170 e. The third-order valence-electron chi connectivity index (χ3n) is 1.97. The van der Waals surface area contributed by atoms with Gasteiger partial charge < -0.3 is 9.15 Å². The molecule has 4 heteroatoms. The van der Waals surface area contributed by atoms with Crippen molar-refractivity contribution < 1.29 is 13.9 Å². The molecule has 0 radical (unpaired) electrons. The molecule has 1 aromatic heterocycles. The van der Waals surface area contributed by atoms with Crippen LogP contribution in [0, 0.1) is 0 Å². The van der Waals surface area contributed by atoms with Crippen LogP contribution in [0.25, 0.3) is 11.0 Å². The lowest BCUT2D eigenvalue weighted by atomic mass is 10.1. The largest absolute Gasteiger partial charge is 0.496 e. The van der Waals surface area contributed by atoms with Crippen molar-refractivity contribution in [2.75, 3.05) is 7.11 Å². The Bertz CT molecular complexity index is 487. The van der Waals surface area contributed by atoms with Crippen molar-refractivity contribution in [1.29, 1.82) is 0 Å². The van der Waals surface area contributed by atoms with E-state index in [2.05, 4.69) is 15.9 Å². The first-order valence-electron chi connectivity index (χ1n) is 3.97. The molecule has 0 unspecified atom stereocenters. The van der Waals surface area contributed by atoms with Crippen molar-refractivity contribution in [2.45, 2.75) is 0 Å². The zero-order valence-corrected chi connectivity index (χ0v) is 9.00. The Balaban J connectivity index is 2.74. The van der Waals surface area contributed by atoms with Crippen molar-refractivity contribution in [3.63, 3.8) is 0 Å². The van der Waals surface area contributed by atoms with Gasteiger partial charge in [-0.1, -0.05) is 0 Å². The number of rotatable bonds is 2. The number of carbonyl (C=O) groups is 1. The smallest absolute Gasteiger partial charge is 0.170 e. The van der Waals surface area contributed by atoms with Crippen molar-refractivity contribution in [1.82, 2.24) is 0 Å². The predicted octanol–water partition coefficient (Wildman–Crippen LogP) is 3.02. The van der Waals surface area contributed by atoms with Gasteiger partial charge in [-0.05, 0) is 28.1 Å². The summed E-state index contributed by atoms with van der Waals surface area (Å²) in [7, 11) is 1.52. The number of ether oxygens (including phenoxy) is 1. The lowest BCUT2D eigenvalue weighted by Crippen LogP contribution is -1.89. The molecule has 2 rings (SSSR count). The first-order valence-corrected chi connectivity index (χ1v) is 4.76. The van der Waals surface area contributed by atoms with Gasteiger partial charge in [0.25, 0.3) is 0 Å². The maximum absolute atomic E-state index is 10.7. The van der Waals surface area contributed by atoms with Gasteiger partial charge in [0.2, 0.25) is 0 Å². The van der Waals surface area contributed by atoms with Gasteiger partial charge in [0.15, 0.2) is 11.0 Å². The number of hydrogen-bond donors (Lipinski definition) is 0. The highest BCUT2D eigenvalue weighted by molar-refractivity contribution is 9.10. The fourth-order valence-electron chi connectivity index (χ4n) is 1.32. The Labute approximate surface area is 88.8 Å². The summed E-state index contributed by atoms with van der Waals surface area (Å²) in [5.41, 5.74) is 1.22. The fourth-order valence-corrected chi connectivity index (χ4v) is 1.74. The molecule has 0 aliphatic rings. The minimum absolute atomic E-state index is 0.522. The van der Waals surface area contributed by atoms with Crippen LogP contribution in [0.3, 0.4) is 0 Å². The number of fused-ring (bicyclic) bond motifs is 1. The summed E-state index contributed by atoms with van der Waals surface area (Å²) in [5.74, 6) is 0.523. The van der Waals surface area contributed by atoms with Crippen LogP contribution in [0.2, 0.25) is 0 Å². The number of hydrogen-bond acceptors (Lipinski definition) is 3. The van der Waals surface area contributed by atoms with Crippen LogP contribution in [-0.4, -0.2) is 13.4 Å². The summed E-state index contributed by atoms with van der Waals surface area (Å²) in [6.07, 6.45) is 0.763. The van der Waals surface area contributed by atoms with Gasteiger partial charge in [-0.25, -0.2) is 0 Å². The van der Waals surface area contributed by atoms with E-state index >= 15 is 0 Å². The Morgan fingerprint density at radius 1 is 1.43 bits per heavy atom. The van der Waals surface area contributed by atoms with Gasteiger partial charge in [0.05, 0.1) is 12.7 Å². The molecule has 0 spiro atoms. The van der Waals surface area contributed by atoms with Crippen molar-refractivity contribution in [2.24, 2.45) is 0 Å². The molecule has 14 heavy (non-hydrogen) atoms. The minimum Gasteiger partial charge on any atom is -0.496 e. The Morgan fingerprint density at radius 3 is 2.86 bits per heavy atom. The Morgan fingerprint density at radius 2 is 2.21 bits per heavy atom. The molecule has 0 atom stereocenters. The molecule has 0 saturated heterocycles. The third-order valence-corrected chi connectivity index (χ3v) is 2.36.